The highest BCUT2D eigenvalue weighted by Gasteiger charge is 2.04. The number of halogens is 1. The lowest BCUT2D eigenvalue weighted by Crippen LogP contribution is -1.98. The van der Waals surface area contributed by atoms with Gasteiger partial charge in [-0.2, -0.15) is 4.39 Å². The zero-order chi connectivity index (χ0) is 6.85. The lowest BCUT2D eigenvalue weighted by Gasteiger charge is -1.91. The van der Waals surface area contributed by atoms with Gasteiger partial charge in [0.05, 0.1) is 0 Å². The third kappa shape index (κ3) is 0.988. The van der Waals surface area contributed by atoms with E-state index in [0.29, 0.717) is 0 Å². The molecule has 1 aromatic heterocycles. The fourth-order valence-corrected chi connectivity index (χ4v) is 0.665. The molecule has 0 saturated heterocycles. The molecule has 1 heterocycles. The second kappa shape index (κ2) is 2.01. The Morgan fingerprint density at radius 1 is 1.78 bits per heavy atom. The number of aryl methyl sites for hydroxylation is 1. The van der Waals surface area contributed by atoms with E-state index in [4.69, 9.17) is 0 Å². The van der Waals surface area contributed by atoms with Gasteiger partial charge in [-0.1, -0.05) is 0 Å². The van der Waals surface area contributed by atoms with Gasteiger partial charge in [0.2, 0.25) is 0 Å². The van der Waals surface area contributed by atoms with E-state index in [1.165, 1.54) is 10.6 Å². The van der Waals surface area contributed by atoms with Gasteiger partial charge in [0.25, 0.3) is 0 Å². The molecule has 0 radical (unpaired) electrons. The zero-order valence-corrected chi connectivity index (χ0v) is 4.97. The van der Waals surface area contributed by atoms with Crippen LogP contribution in [0.25, 0.3) is 0 Å². The van der Waals surface area contributed by atoms with Crippen molar-refractivity contribution >= 4 is 6.04 Å². The van der Waals surface area contributed by atoms with Crippen LogP contribution in [0.4, 0.5) is 4.39 Å². The number of aromatic nitrogens is 1. The third-order valence-corrected chi connectivity index (χ3v) is 1.15. The molecule has 0 atom stereocenters. The fraction of sp³-hybridized carbons (Fsp3) is 0.167. The normalized spacial score (nSPS) is 9.56. The van der Waals surface area contributed by atoms with Gasteiger partial charge in [-0.3, -0.25) is 4.79 Å². The van der Waals surface area contributed by atoms with Crippen molar-refractivity contribution in [2.45, 2.75) is 0 Å². The number of carbonyl (C=O) groups excluding carboxylic acids is 1. The molecule has 0 unspecified atom stereocenters. The van der Waals surface area contributed by atoms with Crippen LogP contribution in [-0.2, 0) is 7.05 Å². The molecule has 0 saturated carbocycles. The molecule has 1 rings (SSSR count). The summed E-state index contributed by atoms with van der Waals surface area (Å²) < 4.78 is 13.3. The first-order valence-corrected chi connectivity index (χ1v) is 2.53. The Labute approximate surface area is 51.9 Å². The van der Waals surface area contributed by atoms with Crippen LogP contribution in [0.15, 0.2) is 18.3 Å². The molecule has 1 aromatic rings. The van der Waals surface area contributed by atoms with Crippen molar-refractivity contribution in [3.05, 3.63) is 24.0 Å². The minimum absolute atomic E-state index is 0.0926. The summed E-state index contributed by atoms with van der Waals surface area (Å²) in [5.74, 6) is 0. The predicted molar refractivity (Wildman–Crippen MR) is 30.9 cm³/mol. The highest BCUT2D eigenvalue weighted by molar-refractivity contribution is 5.86. The SMILES string of the molecule is Cn1cccc1C(=O)F. The second-order valence-corrected chi connectivity index (χ2v) is 1.78. The van der Waals surface area contributed by atoms with E-state index in [2.05, 4.69) is 0 Å². The van der Waals surface area contributed by atoms with Gasteiger partial charge >= 0.3 is 6.04 Å². The first kappa shape index (κ1) is 6.01. The summed E-state index contributed by atoms with van der Waals surface area (Å²) in [6.07, 6.45) is 1.62. The van der Waals surface area contributed by atoms with Crippen molar-refractivity contribution in [1.29, 1.82) is 0 Å². The van der Waals surface area contributed by atoms with Crippen LogP contribution in [0.5, 0.6) is 0 Å². The minimum Gasteiger partial charge on any atom is -0.346 e. The Kier molecular flexibility index (Phi) is 1.34. The fourth-order valence-electron chi connectivity index (χ4n) is 0.665. The molecular weight excluding hydrogens is 121 g/mol. The first-order valence-electron chi connectivity index (χ1n) is 2.53. The van der Waals surface area contributed by atoms with Crippen LogP contribution in [-0.4, -0.2) is 10.6 Å². The van der Waals surface area contributed by atoms with Gasteiger partial charge < -0.3 is 4.57 Å². The zero-order valence-electron chi connectivity index (χ0n) is 4.97. The van der Waals surface area contributed by atoms with Crippen molar-refractivity contribution in [1.82, 2.24) is 4.57 Å². The summed E-state index contributed by atoms with van der Waals surface area (Å²) in [5, 5.41) is 0. The van der Waals surface area contributed by atoms with Crippen LogP contribution in [0.3, 0.4) is 0 Å². The summed E-state index contributed by atoms with van der Waals surface area (Å²) in [6, 6.07) is 1.66. The molecule has 0 aromatic carbocycles. The van der Waals surface area contributed by atoms with Crippen molar-refractivity contribution in [2.24, 2.45) is 7.05 Å². The van der Waals surface area contributed by atoms with Crippen LogP contribution in [0, 0.1) is 0 Å². The molecule has 48 valence electrons. The molecule has 0 aliphatic rings. The molecule has 0 spiro atoms. The Hall–Kier alpha value is -1.12. The third-order valence-electron chi connectivity index (χ3n) is 1.15. The molecule has 0 fully saturated rings. The molecular formula is C6H6FNO. The summed E-state index contributed by atoms with van der Waals surface area (Å²) >= 11 is 0. The van der Waals surface area contributed by atoms with Crippen LogP contribution in [0.2, 0.25) is 0 Å². The summed E-state index contributed by atoms with van der Waals surface area (Å²) in [4.78, 5) is 10.0. The molecule has 0 amide bonds. The number of nitrogens with zero attached hydrogens (tertiary/aromatic N) is 1. The van der Waals surface area contributed by atoms with E-state index in [9.17, 15) is 9.18 Å². The quantitative estimate of drug-likeness (QED) is 0.518. The van der Waals surface area contributed by atoms with Gasteiger partial charge in [-0.15, -0.1) is 0 Å². The van der Waals surface area contributed by atoms with Crippen LogP contribution in [0.1, 0.15) is 10.5 Å². The standard InChI is InChI=1S/C6H6FNO/c1-8-4-2-3-5(8)6(7)9/h2-4H,1H3. The molecule has 3 heteroatoms. The van der Waals surface area contributed by atoms with E-state index in [1.54, 1.807) is 19.3 Å². The summed E-state index contributed by atoms with van der Waals surface area (Å²) in [6.45, 7) is 0. The second-order valence-electron chi connectivity index (χ2n) is 1.78. The highest BCUT2D eigenvalue weighted by atomic mass is 19.1. The Balaban J connectivity index is 3.08. The van der Waals surface area contributed by atoms with E-state index in [1.807, 2.05) is 0 Å². The van der Waals surface area contributed by atoms with E-state index in [0.717, 1.165) is 0 Å². The maximum Gasteiger partial charge on any atom is 0.348 e. The number of rotatable bonds is 1. The van der Waals surface area contributed by atoms with Gasteiger partial charge in [0, 0.05) is 13.2 Å². The molecule has 0 bridgehead atoms. The van der Waals surface area contributed by atoms with Crippen molar-refractivity contribution in [3.8, 4) is 0 Å². The van der Waals surface area contributed by atoms with Crippen LogP contribution >= 0.6 is 0 Å². The molecule has 0 N–H and O–H groups in total. The maximum absolute atomic E-state index is 11.9. The summed E-state index contributed by atoms with van der Waals surface area (Å²) in [5.41, 5.74) is 0.0926. The average Bonchev–Trinajstić information content (AvgIpc) is 2.13. The van der Waals surface area contributed by atoms with Crippen LogP contribution < -0.4 is 0 Å². The predicted octanol–water partition coefficient (Wildman–Crippen LogP) is 1.13. The van der Waals surface area contributed by atoms with Gasteiger partial charge in [0.15, 0.2) is 0 Å². The maximum atomic E-state index is 11.9. The Morgan fingerprint density at radius 3 is 2.67 bits per heavy atom. The molecule has 0 aliphatic heterocycles. The monoisotopic (exact) mass is 127 g/mol. The Bertz CT molecular complexity index is 229. The van der Waals surface area contributed by atoms with E-state index < -0.39 is 6.04 Å². The number of hydrogen-bond donors (Lipinski definition) is 0. The van der Waals surface area contributed by atoms with E-state index >= 15 is 0 Å². The first-order chi connectivity index (χ1) is 4.22. The number of hydrogen-bond acceptors (Lipinski definition) is 1. The summed E-state index contributed by atoms with van der Waals surface area (Å²) in [7, 11) is 1.62. The van der Waals surface area contributed by atoms with Gasteiger partial charge in [0.1, 0.15) is 5.69 Å². The highest BCUT2D eigenvalue weighted by Crippen LogP contribution is 2.00. The van der Waals surface area contributed by atoms with Gasteiger partial charge in [-0.25, -0.2) is 0 Å². The average molecular weight is 127 g/mol. The van der Waals surface area contributed by atoms with Crippen molar-refractivity contribution in [2.75, 3.05) is 0 Å². The largest absolute Gasteiger partial charge is 0.348 e. The lowest BCUT2D eigenvalue weighted by molar-refractivity contribution is 0.0827. The van der Waals surface area contributed by atoms with E-state index in [-0.39, 0.29) is 5.69 Å². The Morgan fingerprint density at radius 2 is 2.44 bits per heavy atom. The topological polar surface area (TPSA) is 22.0 Å². The smallest absolute Gasteiger partial charge is 0.346 e. The lowest BCUT2D eigenvalue weighted by atomic mass is 10.4. The van der Waals surface area contributed by atoms with Gasteiger partial charge in [-0.05, 0) is 12.1 Å². The molecule has 2 nitrogen and oxygen atoms in total. The molecule has 0 aliphatic carbocycles. The number of carbonyl (C=O) groups is 1. The molecule has 9 heavy (non-hydrogen) atoms. The van der Waals surface area contributed by atoms with Crippen molar-refractivity contribution < 1.29 is 9.18 Å². The van der Waals surface area contributed by atoms with Crippen molar-refractivity contribution in [3.63, 3.8) is 0 Å². The minimum atomic E-state index is -1.39.